The summed E-state index contributed by atoms with van der Waals surface area (Å²) in [6.45, 7) is 0.871. The Bertz CT molecular complexity index is 370. The maximum Gasteiger partial charge on any atom is 0.320 e. The van der Waals surface area contributed by atoms with Crippen LogP contribution in [0.2, 0.25) is 0 Å². The van der Waals surface area contributed by atoms with E-state index in [9.17, 15) is 0 Å². The molecular formula is C10H19N5O2. The van der Waals surface area contributed by atoms with E-state index >= 15 is 0 Å². The molecule has 0 aliphatic carbocycles. The van der Waals surface area contributed by atoms with Gasteiger partial charge in [-0.05, 0) is 0 Å². The highest BCUT2D eigenvalue weighted by molar-refractivity contribution is 5.76. The van der Waals surface area contributed by atoms with Gasteiger partial charge in [0.25, 0.3) is 0 Å². The topological polar surface area (TPSA) is 85.5 Å². The highest BCUT2D eigenvalue weighted by Gasteiger charge is 2.13. The van der Waals surface area contributed by atoms with Crippen LogP contribution in [0, 0.1) is 0 Å². The third-order valence-corrected chi connectivity index (χ3v) is 2.09. The highest BCUT2D eigenvalue weighted by Crippen LogP contribution is 2.28. The summed E-state index contributed by atoms with van der Waals surface area (Å²) in [5.41, 5.74) is 6.51. The van der Waals surface area contributed by atoms with Crippen molar-refractivity contribution in [1.29, 1.82) is 0 Å². The predicted octanol–water partition coefficient (Wildman–Crippen LogP) is 0.192. The van der Waals surface area contributed by atoms with Crippen LogP contribution < -0.4 is 20.7 Å². The van der Waals surface area contributed by atoms with E-state index in [0.29, 0.717) is 30.5 Å². The smallest absolute Gasteiger partial charge is 0.320 e. The number of nitrogens with zero attached hydrogens (tertiary/aromatic N) is 3. The first-order chi connectivity index (χ1) is 8.10. The van der Waals surface area contributed by atoms with E-state index < -0.39 is 0 Å². The molecule has 0 saturated carbocycles. The second-order valence-electron chi connectivity index (χ2n) is 3.58. The van der Waals surface area contributed by atoms with Crippen LogP contribution >= 0.6 is 0 Å². The maximum atomic E-state index is 5.82. The fourth-order valence-corrected chi connectivity index (χ4v) is 1.29. The molecule has 0 aliphatic heterocycles. The van der Waals surface area contributed by atoms with Gasteiger partial charge in [-0.1, -0.05) is 0 Å². The average Bonchev–Trinajstić information content (AvgIpc) is 2.28. The number of aromatic nitrogens is 2. The van der Waals surface area contributed by atoms with Crippen molar-refractivity contribution >= 4 is 17.3 Å². The first kappa shape index (κ1) is 13.3. The van der Waals surface area contributed by atoms with E-state index in [2.05, 4.69) is 15.3 Å². The molecule has 0 unspecified atom stereocenters. The Morgan fingerprint density at radius 1 is 1.29 bits per heavy atom. The van der Waals surface area contributed by atoms with Crippen molar-refractivity contribution in [3.05, 3.63) is 0 Å². The predicted molar refractivity (Wildman–Crippen MR) is 67.7 cm³/mol. The van der Waals surface area contributed by atoms with Crippen LogP contribution in [-0.2, 0) is 4.74 Å². The summed E-state index contributed by atoms with van der Waals surface area (Å²) in [4.78, 5) is 10.2. The summed E-state index contributed by atoms with van der Waals surface area (Å²) in [6, 6.07) is 0.252. The molecule has 0 radical (unpaired) electrons. The lowest BCUT2D eigenvalue weighted by molar-refractivity contribution is 0.141. The first-order valence-corrected chi connectivity index (χ1v) is 5.24. The van der Waals surface area contributed by atoms with Crippen LogP contribution in [0.1, 0.15) is 0 Å². The molecule has 96 valence electrons. The van der Waals surface area contributed by atoms with Crippen molar-refractivity contribution in [2.24, 2.45) is 0 Å². The number of nitrogen functional groups attached to an aromatic ring is 1. The van der Waals surface area contributed by atoms with Crippen LogP contribution in [0.25, 0.3) is 0 Å². The Balaban J connectivity index is 2.94. The van der Waals surface area contributed by atoms with E-state index in [1.807, 2.05) is 19.0 Å². The Labute approximate surface area is 101 Å². The first-order valence-electron chi connectivity index (χ1n) is 5.24. The number of nitrogens with one attached hydrogen (secondary N) is 1. The molecule has 1 aromatic rings. The van der Waals surface area contributed by atoms with Crippen molar-refractivity contribution in [3.63, 3.8) is 0 Å². The summed E-state index contributed by atoms with van der Waals surface area (Å²) in [5, 5.41) is 2.97. The zero-order valence-electron chi connectivity index (χ0n) is 10.6. The molecule has 0 aromatic carbocycles. The zero-order valence-corrected chi connectivity index (χ0v) is 10.6. The molecule has 0 bridgehead atoms. The minimum Gasteiger partial charge on any atom is -0.461 e. The Hall–Kier alpha value is -1.76. The molecule has 3 N–H and O–H groups in total. The fourth-order valence-electron chi connectivity index (χ4n) is 1.29. The van der Waals surface area contributed by atoms with E-state index in [1.165, 1.54) is 0 Å². The molecule has 0 aliphatic rings. The van der Waals surface area contributed by atoms with Gasteiger partial charge >= 0.3 is 6.01 Å². The standard InChI is InChI=1S/C10H19N5O2/c1-12-7-8(11)13-10(17-6-5-16-4)14-9(7)15(2)3/h12H,5-6H2,1-4H3,(H2,11,13,14). The summed E-state index contributed by atoms with van der Waals surface area (Å²) in [5.74, 6) is 1.05. The minimum absolute atomic E-state index is 0.252. The number of rotatable bonds is 6. The molecule has 0 atom stereocenters. The molecule has 17 heavy (non-hydrogen) atoms. The van der Waals surface area contributed by atoms with Crippen LogP contribution in [0.3, 0.4) is 0 Å². The second kappa shape index (κ2) is 6.09. The lowest BCUT2D eigenvalue weighted by atomic mass is 10.4. The number of ether oxygens (including phenoxy) is 2. The summed E-state index contributed by atoms with van der Waals surface area (Å²) in [7, 11) is 7.13. The number of anilines is 3. The Morgan fingerprint density at radius 3 is 2.53 bits per heavy atom. The molecule has 0 spiro atoms. The van der Waals surface area contributed by atoms with Gasteiger partial charge in [0.2, 0.25) is 0 Å². The molecule has 0 fully saturated rings. The van der Waals surface area contributed by atoms with Crippen molar-refractivity contribution in [2.75, 3.05) is 57.4 Å². The lowest BCUT2D eigenvalue weighted by Crippen LogP contribution is -2.17. The molecule has 1 heterocycles. The largest absolute Gasteiger partial charge is 0.461 e. The summed E-state index contributed by atoms with van der Waals surface area (Å²) < 4.78 is 10.2. The van der Waals surface area contributed by atoms with Crippen molar-refractivity contribution in [3.8, 4) is 6.01 Å². The van der Waals surface area contributed by atoms with E-state index in [4.69, 9.17) is 15.2 Å². The van der Waals surface area contributed by atoms with Crippen molar-refractivity contribution in [1.82, 2.24) is 9.97 Å². The molecule has 0 amide bonds. The van der Waals surface area contributed by atoms with Crippen LogP contribution in [0.5, 0.6) is 6.01 Å². The molecule has 0 saturated heterocycles. The van der Waals surface area contributed by atoms with Gasteiger partial charge in [-0.2, -0.15) is 9.97 Å². The van der Waals surface area contributed by atoms with Crippen molar-refractivity contribution in [2.45, 2.75) is 0 Å². The average molecular weight is 241 g/mol. The fraction of sp³-hybridized carbons (Fsp3) is 0.600. The van der Waals surface area contributed by atoms with E-state index in [0.717, 1.165) is 0 Å². The molecular weight excluding hydrogens is 222 g/mol. The molecule has 1 rings (SSSR count). The molecule has 7 nitrogen and oxygen atoms in total. The Morgan fingerprint density at radius 2 is 2.00 bits per heavy atom. The van der Waals surface area contributed by atoms with Gasteiger partial charge in [0, 0.05) is 28.3 Å². The van der Waals surface area contributed by atoms with Gasteiger partial charge in [-0.15, -0.1) is 0 Å². The minimum atomic E-state index is 0.252. The van der Waals surface area contributed by atoms with Crippen LogP contribution in [0.15, 0.2) is 0 Å². The van der Waals surface area contributed by atoms with Crippen LogP contribution in [0.4, 0.5) is 17.3 Å². The van der Waals surface area contributed by atoms with Gasteiger partial charge in [-0.25, -0.2) is 0 Å². The van der Waals surface area contributed by atoms with Gasteiger partial charge < -0.3 is 25.4 Å². The monoisotopic (exact) mass is 241 g/mol. The van der Waals surface area contributed by atoms with Gasteiger partial charge in [0.1, 0.15) is 12.3 Å². The quantitative estimate of drug-likeness (QED) is 0.688. The van der Waals surface area contributed by atoms with Crippen molar-refractivity contribution < 1.29 is 9.47 Å². The third kappa shape index (κ3) is 3.35. The van der Waals surface area contributed by atoms with E-state index in [1.54, 1.807) is 14.2 Å². The zero-order chi connectivity index (χ0) is 12.8. The van der Waals surface area contributed by atoms with Gasteiger partial charge in [0.15, 0.2) is 11.6 Å². The normalized spacial score (nSPS) is 10.1. The highest BCUT2D eigenvalue weighted by atomic mass is 16.5. The Kier molecular flexibility index (Phi) is 4.77. The lowest BCUT2D eigenvalue weighted by Gasteiger charge is -2.17. The summed E-state index contributed by atoms with van der Waals surface area (Å²) in [6.07, 6.45) is 0. The SMILES string of the molecule is CNc1c(N)nc(OCCOC)nc1N(C)C. The van der Waals surface area contributed by atoms with Gasteiger partial charge in [-0.3, -0.25) is 0 Å². The number of hydrogen-bond acceptors (Lipinski definition) is 7. The molecule has 1 aromatic heterocycles. The van der Waals surface area contributed by atoms with Gasteiger partial charge in [0.05, 0.1) is 6.61 Å². The second-order valence-corrected chi connectivity index (χ2v) is 3.58. The number of nitrogens with two attached hydrogens (primary N) is 1. The number of hydrogen-bond donors (Lipinski definition) is 2. The third-order valence-electron chi connectivity index (χ3n) is 2.09. The molecule has 7 heteroatoms. The van der Waals surface area contributed by atoms with E-state index in [-0.39, 0.29) is 6.01 Å². The maximum absolute atomic E-state index is 5.82. The number of methoxy groups -OCH3 is 1. The van der Waals surface area contributed by atoms with Crippen LogP contribution in [-0.4, -0.2) is 51.4 Å². The summed E-state index contributed by atoms with van der Waals surface area (Å²) >= 11 is 0.